The van der Waals surface area contributed by atoms with Crippen molar-refractivity contribution in [2.45, 2.75) is 60.8 Å². The third kappa shape index (κ3) is 9.14. The van der Waals surface area contributed by atoms with Crippen molar-refractivity contribution < 1.29 is 0 Å². The van der Waals surface area contributed by atoms with Gasteiger partial charge in [-0.25, -0.2) is 0 Å². The molecule has 1 rings (SSSR count). The molecule has 0 bridgehead atoms. The second-order valence-electron chi connectivity index (χ2n) is 3.74. The Morgan fingerprint density at radius 1 is 1.32 bits per heavy atom. The first-order chi connectivity index (χ1) is 9.27. The van der Waals surface area contributed by atoms with Gasteiger partial charge in [-0.3, -0.25) is 0 Å². The van der Waals surface area contributed by atoms with E-state index in [2.05, 4.69) is 44.4 Å². The van der Waals surface area contributed by atoms with Crippen molar-refractivity contribution in [1.82, 2.24) is 0 Å². The van der Waals surface area contributed by atoms with Crippen LogP contribution in [0.1, 0.15) is 60.8 Å². The molecule has 1 aliphatic carbocycles. The van der Waals surface area contributed by atoms with Gasteiger partial charge in [0, 0.05) is 6.42 Å². The third-order valence-electron chi connectivity index (χ3n) is 2.44. The van der Waals surface area contributed by atoms with Gasteiger partial charge in [0.1, 0.15) is 0 Å². The van der Waals surface area contributed by atoms with E-state index < -0.39 is 0 Å². The quantitative estimate of drug-likeness (QED) is 0.414. The molecule has 0 aromatic carbocycles. The largest absolute Gasteiger partial charge is 0.0988 e. The monoisotopic (exact) mass is 258 g/mol. The Balaban J connectivity index is 0. The molecule has 0 heteroatoms. The maximum atomic E-state index is 3.85. The van der Waals surface area contributed by atoms with Crippen molar-refractivity contribution in [3.05, 3.63) is 47.6 Å². The summed E-state index contributed by atoms with van der Waals surface area (Å²) in [6, 6.07) is 0. The molecule has 0 spiro atoms. The minimum atomic E-state index is 0.870. The SMILES string of the molecule is C=C/C(=C/C1=C(C)CC#CC=C1)CCC.CC.CC. The van der Waals surface area contributed by atoms with Crippen LogP contribution in [0.5, 0.6) is 0 Å². The van der Waals surface area contributed by atoms with Crippen LogP contribution in [-0.2, 0) is 0 Å². The van der Waals surface area contributed by atoms with Gasteiger partial charge in [-0.15, -0.1) is 0 Å². The number of rotatable bonds is 4. The van der Waals surface area contributed by atoms with Crippen molar-refractivity contribution in [3.8, 4) is 11.8 Å². The van der Waals surface area contributed by atoms with Gasteiger partial charge in [0.25, 0.3) is 0 Å². The molecule has 1 aliphatic rings. The Morgan fingerprint density at radius 2 is 1.95 bits per heavy atom. The molecular formula is C19H30. The number of hydrogen-bond acceptors (Lipinski definition) is 0. The fraction of sp³-hybridized carbons (Fsp3) is 0.474. The van der Waals surface area contributed by atoms with Crippen molar-refractivity contribution in [3.63, 3.8) is 0 Å². The summed E-state index contributed by atoms with van der Waals surface area (Å²) in [5.41, 5.74) is 3.92. The average molecular weight is 258 g/mol. The molecule has 0 saturated carbocycles. The van der Waals surface area contributed by atoms with E-state index in [0.717, 1.165) is 19.3 Å². The van der Waals surface area contributed by atoms with E-state index in [0.29, 0.717) is 0 Å². The molecule has 0 nitrogen and oxygen atoms in total. The highest BCUT2D eigenvalue weighted by Gasteiger charge is 1.99. The van der Waals surface area contributed by atoms with Crippen LogP contribution < -0.4 is 0 Å². The summed E-state index contributed by atoms with van der Waals surface area (Å²) in [4.78, 5) is 0. The minimum Gasteiger partial charge on any atom is -0.0988 e. The normalized spacial score (nSPS) is 13.1. The molecule has 0 radical (unpaired) electrons. The molecule has 0 heterocycles. The third-order valence-corrected chi connectivity index (χ3v) is 2.44. The first-order valence-corrected chi connectivity index (χ1v) is 7.45. The Bertz CT molecular complexity index is 378. The summed E-state index contributed by atoms with van der Waals surface area (Å²) >= 11 is 0. The smallest absolute Gasteiger partial charge is 0.0308 e. The first kappa shape index (κ1) is 19.9. The van der Waals surface area contributed by atoms with Gasteiger partial charge in [-0.1, -0.05) is 77.2 Å². The predicted molar refractivity (Wildman–Crippen MR) is 90.1 cm³/mol. The lowest BCUT2D eigenvalue weighted by Crippen LogP contribution is -1.84. The maximum Gasteiger partial charge on any atom is 0.0308 e. The van der Waals surface area contributed by atoms with Crippen molar-refractivity contribution in [2.24, 2.45) is 0 Å². The van der Waals surface area contributed by atoms with Crippen LogP contribution in [-0.4, -0.2) is 0 Å². The summed E-state index contributed by atoms with van der Waals surface area (Å²) in [5.74, 6) is 6.10. The molecule has 0 aliphatic heterocycles. The summed E-state index contributed by atoms with van der Waals surface area (Å²) in [5, 5.41) is 0. The first-order valence-electron chi connectivity index (χ1n) is 7.45. The molecule has 19 heavy (non-hydrogen) atoms. The van der Waals surface area contributed by atoms with Gasteiger partial charge in [0.05, 0.1) is 0 Å². The summed E-state index contributed by atoms with van der Waals surface area (Å²) < 4.78 is 0. The highest BCUT2D eigenvalue weighted by atomic mass is 14.0. The molecular weight excluding hydrogens is 228 g/mol. The maximum absolute atomic E-state index is 3.85. The summed E-state index contributed by atoms with van der Waals surface area (Å²) in [6.07, 6.45) is 11.3. The Kier molecular flexibility index (Phi) is 15.2. The van der Waals surface area contributed by atoms with Gasteiger partial charge in [-0.2, -0.15) is 0 Å². The zero-order valence-corrected chi connectivity index (χ0v) is 13.6. The second kappa shape index (κ2) is 14.6. The van der Waals surface area contributed by atoms with Crippen LogP contribution in [0.25, 0.3) is 0 Å². The molecule has 0 N–H and O–H groups in total. The zero-order valence-electron chi connectivity index (χ0n) is 13.6. The van der Waals surface area contributed by atoms with Crippen LogP contribution in [0.15, 0.2) is 47.6 Å². The standard InChI is InChI=1S/C15H18.2C2H6/c1-4-9-14(5-2)12-15-11-8-6-7-10-13(15)3;2*1-2/h5,8,11-12H,2,4,9-10H2,1,3H3;2*1-2H3/b14-12-;;. The van der Waals surface area contributed by atoms with Gasteiger partial charge >= 0.3 is 0 Å². The van der Waals surface area contributed by atoms with E-state index in [-0.39, 0.29) is 0 Å². The number of allylic oxidation sites excluding steroid dienone is 7. The second-order valence-corrected chi connectivity index (χ2v) is 3.74. The molecule has 0 aromatic heterocycles. The average Bonchev–Trinajstić information content (AvgIpc) is 2.68. The highest BCUT2D eigenvalue weighted by molar-refractivity contribution is 5.44. The van der Waals surface area contributed by atoms with Crippen LogP contribution >= 0.6 is 0 Å². The topological polar surface area (TPSA) is 0 Å². The molecule has 0 atom stereocenters. The van der Waals surface area contributed by atoms with Gasteiger partial charge in [-0.05, 0) is 36.6 Å². The fourth-order valence-corrected chi connectivity index (χ4v) is 1.51. The van der Waals surface area contributed by atoms with Crippen LogP contribution in [0, 0.1) is 11.8 Å². The summed E-state index contributed by atoms with van der Waals surface area (Å²) in [7, 11) is 0. The van der Waals surface area contributed by atoms with Crippen LogP contribution in [0.3, 0.4) is 0 Å². The molecule has 0 saturated heterocycles. The Labute approximate surface area is 121 Å². The fourth-order valence-electron chi connectivity index (χ4n) is 1.51. The molecule has 0 fully saturated rings. The summed E-state index contributed by atoms with van der Waals surface area (Å²) in [6.45, 7) is 16.2. The van der Waals surface area contributed by atoms with Gasteiger partial charge in [0.2, 0.25) is 0 Å². The molecule has 0 unspecified atom stereocenters. The van der Waals surface area contributed by atoms with Crippen molar-refractivity contribution >= 4 is 0 Å². The van der Waals surface area contributed by atoms with Crippen LogP contribution in [0.2, 0.25) is 0 Å². The van der Waals surface area contributed by atoms with Crippen molar-refractivity contribution in [2.75, 3.05) is 0 Å². The van der Waals surface area contributed by atoms with E-state index >= 15 is 0 Å². The molecule has 106 valence electrons. The lowest BCUT2D eigenvalue weighted by Gasteiger charge is -2.03. The lowest BCUT2D eigenvalue weighted by atomic mass is 10.0. The zero-order chi connectivity index (χ0) is 15.1. The van der Waals surface area contributed by atoms with E-state index in [1.807, 2.05) is 39.8 Å². The van der Waals surface area contributed by atoms with Gasteiger partial charge in [0.15, 0.2) is 0 Å². The van der Waals surface area contributed by atoms with Crippen LogP contribution in [0.4, 0.5) is 0 Å². The van der Waals surface area contributed by atoms with E-state index in [1.165, 1.54) is 16.7 Å². The molecule has 0 aromatic rings. The van der Waals surface area contributed by atoms with Gasteiger partial charge < -0.3 is 0 Å². The Morgan fingerprint density at radius 3 is 2.47 bits per heavy atom. The van der Waals surface area contributed by atoms with E-state index in [9.17, 15) is 0 Å². The predicted octanol–water partition coefficient (Wildman–Crippen LogP) is 6.23. The number of hydrogen-bond donors (Lipinski definition) is 0. The van der Waals surface area contributed by atoms with E-state index in [1.54, 1.807) is 0 Å². The van der Waals surface area contributed by atoms with Crippen molar-refractivity contribution in [1.29, 1.82) is 0 Å². The van der Waals surface area contributed by atoms with E-state index in [4.69, 9.17) is 0 Å². The highest BCUT2D eigenvalue weighted by Crippen LogP contribution is 2.17. The lowest BCUT2D eigenvalue weighted by molar-refractivity contribution is 0.925. The molecule has 0 amide bonds. The minimum absolute atomic E-state index is 0.870. The Hall–Kier alpha value is -1.48.